The molecule has 0 spiro atoms. The predicted octanol–water partition coefficient (Wildman–Crippen LogP) is 0.858. The molecule has 0 bridgehead atoms. The molecule has 0 radical (unpaired) electrons. The summed E-state index contributed by atoms with van der Waals surface area (Å²) in [5.41, 5.74) is 1.03. The molecule has 1 aromatic heterocycles. The molecule has 0 amide bonds. The lowest BCUT2D eigenvalue weighted by atomic mass is 10.1. The van der Waals surface area contributed by atoms with Crippen molar-refractivity contribution in [1.82, 2.24) is 15.2 Å². The van der Waals surface area contributed by atoms with Crippen LogP contribution in [0.5, 0.6) is 0 Å². The fourth-order valence-corrected chi connectivity index (χ4v) is 1.94. The molecule has 1 aliphatic rings. The van der Waals surface area contributed by atoms with Gasteiger partial charge in [0.25, 0.3) is 0 Å². The van der Waals surface area contributed by atoms with Gasteiger partial charge in [0.05, 0.1) is 5.69 Å². The third-order valence-corrected chi connectivity index (χ3v) is 2.79. The number of nitrogens with one attached hydrogen (secondary N) is 1. The van der Waals surface area contributed by atoms with Crippen molar-refractivity contribution in [3.63, 3.8) is 0 Å². The van der Waals surface area contributed by atoms with Crippen molar-refractivity contribution >= 4 is 0 Å². The summed E-state index contributed by atoms with van der Waals surface area (Å²) in [5.74, 6) is 0. The topological polar surface area (TPSA) is 41.3 Å². The van der Waals surface area contributed by atoms with Crippen molar-refractivity contribution < 1.29 is 4.42 Å². The average Bonchev–Trinajstić information content (AvgIpc) is 2.71. The van der Waals surface area contributed by atoms with Gasteiger partial charge in [-0.15, -0.1) is 0 Å². The Balaban J connectivity index is 1.94. The van der Waals surface area contributed by atoms with Gasteiger partial charge >= 0.3 is 0 Å². The molecule has 1 aliphatic heterocycles. The highest BCUT2D eigenvalue weighted by molar-refractivity contribution is 4.93. The fraction of sp³-hybridized carbons (Fsp3) is 0.700. The van der Waals surface area contributed by atoms with E-state index in [0.29, 0.717) is 6.04 Å². The lowest BCUT2D eigenvalue weighted by Crippen LogP contribution is -2.50. The second-order valence-electron chi connectivity index (χ2n) is 3.72. The molecule has 2 heterocycles. The quantitative estimate of drug-likeness (QED) is 0.776. The van der Waals surface area contributed by atoms with Gasteiger partial charge in [-0.3, -0.25) is 4.90 Å². The molecule has 1 fully saturated rings. The lowest BCUT2D eigenvalue weighted by molar-refractivity contribution is 0.147. The van der Waals surface area contributed by atoms with E-state index in [1.807, 2.05) is 0 Å². The Morgan fingerprint density at radius 2 is 2.64 bits per heavy atom. The van der Waals surface area contributed by atoms with Crippen molar-refractivity contribution in [1.29, 1.82) is 0 Å². The Morgan fingerprint density at radius 1 is 1.71 bits per heavy atom. The van der Waals surface area contributed by atoms with Crippen LogP contribution in [0.2, 0.25) is 0 Å². The number of oxazole rings is 1. The largest absolute Gasteiger partial charge is 0.451 e. The van der Waals surface area contributed by atoms with Gasteiger partial charge in [0, 0.05) is 32.2 Å². The molecule has 1 saturated heterocycles. The molecule has 0 aromatic carbocycles. The molecule has 78 valence electrons. The minimum Gasteiger partial charge on any atom is -0.451 e. The van der Waals surface area contributed by atoms with E-state index in [1.54, 1.807) is 6.26 Å². The minimum atomic E-state index is 0.639. The summed E-state index contributed by atoms with van der Waals surface area (Å²) in [4.78, 5) is 6.62. The fourth-order valence-electron chi connectivity index (χ4n) is 1.94. The zero-order valence-corrected chi connectivity index (χ0v) is 8.57. The van der Waals surface area contributed by atoms with Crippen LogP contribution in [-0.4, -0.2) is 35.6 Å². The standard InChI is InChI=1S/C10H17N3O/c1-2-10-5-11-3-4-13(10)6-9-7-14-8-12-9/h7-8,10-11H,2-6H2,1H3. The van der Waals surface area contributed by atoms with Gasteiger partial charge in [-0.1, -0.05) is 6.92 Å². The first-order valence-electron chi connectivity index (χ1n) is 5.22. The van der Waals surface area contributed by atoms with E-state index in [-0.39, 0.29) is 0 Å². The van der Waals surface area contributed by atoms with E-state index in [1.165, 1.54) is 12.8 Å². The zero-order chi connectivity index (χ0) is 9.80. The number of hydrogen-bond acceptors (Lipinski definition) is 4. The number of rotatable bonds is 3. The molecule has 4 heteroatoms. The molecule has 0 saturated carbocycles. The highest BCUT2D eigenvalue weighted by atomic mass is 16.3. The smallest absolute Gasteiger partial charge is 0.180 e. The molecule has 1 unspecified atom stereocenters. The second-order valence-corrected chi connectivity index (χ2v) is 3.72. The maximum atomic E-state index is 4.97. The van der Waals surface area contributed by atoms with Gasteiger partial charge in [-0.25, -0.2) is 4.98 Å². The minimum absolute atomic E-state index is 0.639. The third-order valence-electron chi connectivity index (χ3n) is 2.79. The van der Waals surface area contributed by atoms with Gasteiger partial charge in [0.2, 0.25) is 0 Å². The Labute approximate surface area is 84.3 Å². The molecule has 14 heavy (non-hydrogen) atoms. The van der Waals surface area contributed by atoms with Crippen LogP contribution in [0, 0.1) is 0 Å². The van der Waals surface area contributed by atoms with Crippen LogP contribution >= 0.6 is 0 Å². The van der Waals surface area contributed by atoms with E-state index in [2.05, 4.69) is 22.1 Å². The third kappa shape index (κ3) is 2.13. The van der Waals surface area contributed by atoms with Crippen LogP contribution in [0.1, 0.15) is 19.0 Å². The van der Waals surface area contributed by atoms with Crippen molar-refractivity contribution in [2.75, 3.05) is 19.6 Å². The normalized spacial score (nSPS) is 23.9. The van der Waals surface area contributed by atoms with Crippen molar-refractivity contribution in [3.8, 4) is 0 Å². The Hall–Kier alpha value is -0.870. The zero-order valence-electron chi connectivity index (χ0n) is 8.57. The molecule has 0 aliphatic carbocycles. The van der Waals surface area contributed by atoms with E-state index in [4.69, 9.17) is 4.42 Å². The average molecular weight is 195 g/mol. The van der Waals surface area contributed by atoms with Crippen molar-refractivity contribution in [2.45, 2.75) is 25.9 Å². The van der Waals surface area contributed by atoms with Crippen LogP contribution < -0.4 is 5.32 Å². The number of aromatic nitrogens is 1. The summed E-state index contributed by atoms with van der Waals surface area (Å²) < 4.78 is 4.97. The van der Waals surface area contributed by atoms with Crippen LogP contribution in [0.25, 0.3) is 0 Å². The Morgan fingerprint density at radius 3 is 3.36 bits per heavy atom. The van der Waals surface area contributed by atoms with E-state index in [9.17, 15) is 0 Å². The van der Waals surface area contributed by atoms with Gasteiger partial charge in [-0.05, 0) is 6.42 Å². The Kier molecular flexibility index (Phi) is 3.16. The first-order valence-corrected chi connectivity index (χ1v) is 5.22. The van der Waals surface area contributed by atoms with Gasteiger partial charge in [-0.2, -0.15) is 0 Å². The molecule has 1 aromatic rings. The van der Waals surface area contributed by atoms with Gasteiger partial charge in [0.15, 0.2) is 6.39 Å². The number of hydrogen-bond donors (Lipinski definition) is 1. The monoisotopic (exact) mass is 195 g/mol. The SMILES string of the molecule is CCC1CNCCN1Cc1cocn1. The summed E-state index contributed by atoms with van der Waals surface area (Å²) in [6.07, 6.45) is 4.41. The van der Waals surface area contributed by atoms with Crippen LogP contribution in [0.3, 0.4) is 0 Å². The maximum Gasteiger partial charge on any atom is 0.180 e. The number of piperazine rings is 1. The molecule has 4 nitrogen and oxygen atoms in total. The predicted molar refractivity (Wildman–Crippen MR) is 53.9 cm³/mol. The van der Waals surface area contributed by atoms with E-state index >= 15 is 0 Å². The first-order chi connectivity index (χ1) is 6.90. The summed E-state index contributed by atoms with van der Waals surface area (Å²) in [6, 6.07) is 0.639. The molecule has 1 N–H and O–H groups in total. The number of nitrogens with zero attached hydrogens (tertiary/aromatic N) is 2. The highest BCUT2D eigenvalue weighted by Gasteiger charge is 2.20. The summed E-state index contributed by atoms with van der Waals surface area (Å²) in [5, 5.41) is 3.41. The second kappa shape index (κ2) is 4.57. The Bertz CT molecular complexity index is 260. The van der Waals surface area contributed by atoms with Crippen molar-refractivity contribution in [3.05, 3.63) is 18.4 Å². The lowest BCUT2D eigenvalue weighted by Gasteiger charge is -2.35. The molecular formula is C10H17N3O. The molecule has 1 atom stereocenters. The van der Waals surface area contributed by atoms with Crippen LogP contribution in [0.4, 0.5) is 0 Å². The maximum absolute atomic E-state index is 4.97. The van der Waals surface area contributed by atoms with Crippen LogP contribution in [-0.2, 0) is 6.54 Å². The van der Waals surface area contributed by atoms with E-state index < -0.39 is 0 Å². The summed E-state index contributed by atoms with van der Waals surface area (Å²) in [6.45, 7) is 6.41. The van der Waals surface area contributed by atoms with E-state index in [0.717, 1.165) is 31.9 Å². The molecule has 2 rings (SSSR count). The highest BCUT2D eigenvalue weighted by Crippen LogP contribution is 2.10. The summed E-state index contributed by atoms with van der Waals surface area (Å²) >= 11 is 0. The van der Waals surface area contributed by atoms with Gasteiger partial charge < -0.3 is 9.73 Å². The van der Waals surface area contributed by atoms with Crippen molar-refractivity contribution in [2.24, 2.45) is 0 Å². The molecular weight excluding hydrogens is 178 g/mol. The summed E-state index contributed by atoms with van der Waals surface area (Å²) in [7, 11) is 0. The van der Waals surface area contributed by atoms with Gasteiger partial charge in [0.1, 0.15) is 6.26 Å². The van der Waals surface area contributed by atoms with Crippen LogP contribution in [0.15, 0.2) is 17.1 Å². The first kappa shape index (κ1) is 9.68.